The van der Waals surface area contributed by atoms with Gasteiger partial charge in [-0.3, -0.25) is 14.7 Å². The van der Waals surface area contributed by atoms with Crippen LogP contribution in [-0.4, -0.2) is 26.4 Å². The van der Waals surface area contributed by atoms with Crippen LogP contribution in [0.5, 0.6) is 0 Å². The van der Waals surface area contributed by atoms with Crippen LogP contribution in [0.2, 0.25) is 0 Å². The van der Waals surface area contributed by atoms with Crippen LogP contribution in [0.4, 0.5) is 0 Å². The van der Waals surface area contributed by atoms with Crippen LogP contribution in [0.25, 0.3) is 11.4 Å². The Labute approximate surface area is 159 Å². The summed E-state index contributed by atoms with van der Waals surface area (Å²) in [5.74, 6) is 0.604. The van der Waals surface area contributed by atoms with E-state index in [9.17, 15) is 4.79 Å². The summed E-state index contributed by atoms with van der Waals surface area (Å²) in [6.07, 6.45) is 6.52. The minimum absolute atomic E-state index is 0.0400. The smallest absolute Gasteiger partial charge is 0.255 e. The molecule has 0 amide bonds. The second-order valence-electron chi connectivity index (χ2n) is 7.11. The summed E-state index contributed by atoms with van der Waals surface area (Å²) in [7, 11) is 0. The zero-order valence-electron chi connectivity index (χ0n) is 15.6. The van der Waals surface area contributed by atoms with Crippen molar-refractivity contribution in [1.29, 1.82) is 0 Å². The van der Waals surface area contributed by atoms with Crippen molar-refractivity contribution in [3.05, 3.63) is 81.5 Å². The Morgan fingerprint density at radius 2 is 1.96 bits per heavy atom. The zero-order valence-corrected chi connectivity index (χ0v) is 15.6. The van der Waals surface area contributed by atoms with E-state index >= 15 is 0 Å². The standard InChI is InChI=1S/C22H24N4O/c1-2-4-16-6-8-17(9-7-16)14-26-12-10-20-19(15-26)22(27)25-21(24-20)18-5-3-11-23-13-18/h3,5-9,11,13H,2,4,10,12,14-15H2,1H3,(H,24,25,27). The molecule has 5 heteroatoms. The highest BCUT2D eigenvalue weighted by molar-refractivity contribution is 5.53. The van der Waals surface area contributed by atoms with Crippen molar-refractivity contribution in [2.24, 2.45) is 0 Å². The number of nitrogens with one attached hydrogen (secondary N) is 1. The summed E-state index contributed by atoms with van der Waals surface area (Å²) in [5, 5.41) is 0. The van der Waals surface area contributed by atoms with E-state index < -0.39 is 0 Å². The minimum atomic E-state index is -0.0400. The molecule has 0 radical (unpaired) electrons. The van der Waals surface area contributed by atoms with Crippen molar-refractivity contribution in [3.63, 3.8) is 0 Å². The Hall–Kier alpha value is -2.79. The Balaban J connectivity index is 1.51. The third-order valence-corrected chi connectivity index (χ3v) is 5.05. The largest absolute Gasteiger partial charge is 0.306 e. The summed E-state index contributed by atoms with van der Waals surface area (Å²) in [6, 6.07) is 12.6. The number of nitrogens with zero attached hydrogens (tertiary/aromatic N) is 3. The molecule has 3 heterocycles. The van der Waals surface area contributed by atoms with E-state index in [1.54, 1.807) is 12.4 Å². The van der Waals surface area contributed by atoms with Crippen LogP contribution in [0.15, 0.2) is 53.6 Å². The van der Waals surface area contributed by atoms with Crippen LogP contribution in [0, 0.1) is 0 Å². The first kappa shape index (κ1) is 17.6. The lowest BCUT2D eigenvalue weighted by atomic mass is 10.0. The quantitative estimate of drug-likeness (QED) is 0.758. The maximum atomic E-state index is 12.6. The van der Waals surface area contributed by atoms with Gasteiger partial charge in [0.25, 0.3) is 5.56 Å². The number of fused-ring (bicyclic) bond motifs is 1. The van der Waals surface area contributed by atoms with Gasteiger partial charge < -0.3 is 4.98 Å². The molecule has 0 saturated carbocycles. The highest BCUT2D eigenvalue weighted by Crippen LogP contribution is 2.19. The number of H-pyrrole nitrogens is 1. The number of hydrogen-bond acceptors (Lipinski definition) is 4. The highest BCUT2D eigenvalue weighted by atomic mass is 16.1. The molecule has 0 aliphatic carbocycles. The second-order valence-corrected chi connectivity index (χ2v) is 7.11. The van der Waals surface area contributed by atoms with Gasteiger partial charge in [-0.25, -0.2) is 4.98 Å². The fourth-order valence-corrected chi connectivity index (χ4v) is 3.61. The van der Waals surface area contributed by atoms with E-state index in [-0.39, 0.29) is 5.56 Å². The van der Waals surface area contributed by atoms with Gasteiger partial charge in [-0.05, 0) is 29.7 Å². The molecule has 1 aromatic carbocycles. The van der Waals surface area contributed by atoms with Crippen LogP contribution < -0.4 is 5.56 Å². The number of hydrogen-bond donors (Lipinski definition) is 1. The molecule has 1 aliphatic rings. The molecule has 0 unspecified atom stereocenters. The Morgan fingerprint density at radius 3 is 2.70 bits per heavy atom. The van der Waals surface area contributed by atoms with Crippen LogP contribution in [0.3, 0.4) is 0 Å². The molecule has 1 aliphatic heterocycles. The van der Waals surface area contributed by atoms with Gasteiger partial charge in [0.2, 0.25) is 0 Å². The van der Waals surface area contributed by atoms with E-state index in [1.165, 1.54) is 17.5 Å². The third-order valence-electron chi connectivity index (χ3n) is 5.05. The molecule has 138 valence electrons. The van der Waals surface area contributed by atoms with Crippen LogP contribution >= 0.6 is 0 Å². The minimum Gasteiger partial charge on any atom is -0.306 e. The first-order chi connectivity index (χ1) is 13.2. The van der Waals surface area contributed by atoms with Gasteiger partial charge in [0, 0.05) is 44.0 Å². The monoisotopic (exact) mass is 360 g/mol. The van der Waals surface area contributed by atoms with Crippen molar-refractivity contribution >= 4 is 0 Å². The topological polar surface area (TPSA) is 61.9 Å². The SMILES string of the molecule is CCCc1ccc(CN2CCc3nc(-c4cccnc4)[nH]c(=O)c3C2)cc1. The van der Waals surface area contributed by atoms with E-state index in [0.717, 1.165) is 42.8 Å². The van der Waals surface area contributed by atoms with Crippen molar-refractivity contribution in [2.45, 2.75) is 39.3 Å². The predicted octanol–water partition coefficient (Wildman–Crippen LogP) is 3.34. The molecule has 5 nitrogen and oxygen atoms in total. The van der Waals surface area contributed by atoms with Gasteiger partial charge in [0.05, 0.1) is 11.3 Å². The zero-order chi connectivity index (χ0) is 18.6. The van der Waals surface area contributed by atoms with E-state index in [0.29, 0.717) is 12.4 Å². The highest BCUT2D eigenvalue weighted by Gasteiger charge is 2.21. The van der Waals surface area contributed by atoms with E-state index in [4.69, 9.17) is 4.98 Å². The first-order valence-electron chi connectivity index (χ1n) is 9.55. The molecular weight excluding hydrogens is 336 g/mol. The van der Waals surface area contributed by atoms with Crippen LogP contribution in [0.1, 0.15) is 35.7 Å². The fourth-order valence-electron chi connectivity index (χ4n) is 3.61. The molecular formula is C22H24N4O. The molecule has 1 N–H and O–H groups in total. The molecule has 2 aromatic heterocycles. The maximum absolute atomic E-state index is 12.6. The average Bonchev–Trinajstić information content (AvgIpc) is 2.71. The summed E-state index contributed by atoms with van der Waals surface area (Å²) in [6.45, 7) is 4.61. The van der Waals surface area contributed by atoms with Gasteiger partial charge in [-0.2, -0.15) is 0 Å². The number of aromatic nitrogens is 3. The van der Waals surface area contributed by atoms with Gasteiger partial charge in [-0.1, -0.05) is 37.6 Å². The van der Waals surface area contributed by atoms with Gasteiger partial charge >= 0.3 is 0 Å². The number of rotatable bonds is 5. The van der Waals surface area contributed by atoms with Crippen molar-refractivity contribution in [1.82, 2.24) is 19.9 Å². The van der Waals surface area contributed by atoms with Crippen molar-refractivity contribution in [2.75, 3.05) is 6.54 Å². The molecule has 0 bridgehead atoms. The second kappa shape index (κ2) is 7.84. The Bertz CT molecular complexity index is 964. The first-order valence-corrected chi connectivity index (χ1v) is 9.55. The molecule has 27 heavy (non-hydrogen) atoms. The summed E-state index contributed by atoms with van der Waals surface area (Å²) >= 11 is 0. The number of benzene rings is 1. The van der Waals surface area contributed by atoms with Crippen LogP contribution in [-0.2, 0) is 25.9 Å². The fraction of sp³-hybridized carbons (Fsp3) is 0.318. The number of pyridine rings is 1. The molecule has 0 atom stereocenters. The normalized spacial score (nSPS) is 14.1. The van der Waals surface area contributed by atoms with Crippen molar-refractivity contribution in [3.8, 4) is 11.4 Å². The summed E-state index contributed by atoms with van der Waals surface area (Å²) in [4.78, 5) is 26.7. The summed E-state index contributed by atoms with van der Waals surface area (Å²) < 4.78 is 0. The van der Waals surface area contributed by atoms with Gasteiger partial charge in [-0.15, -0.1) is 0 Å². The molecule has 0 saturated heterocycles. The average molecular weight is 360 g/mol. The van der Waals surface area contributed by atoms with Gasteiger partial charge in [0.1, 0.15) is 5.82 Å². The van der Waals surface area contributed by atoms with E-state index in [1.807, 2.05) is 12.1 Å². The molecule has 4 rings (SSSR count). The Morgan fingerprint density at radius 1 is 1.15 bits per heavy atom. The molecule has 0 spiro atoms. The van der Waals surface area contributed by atoms with Crippen molar-refractivity contribution < 1.29 is 0 Å². The lowest BCUT2D eigenvalue weighted by molar-refractivity contribution is 0.242. The maximum Gasteiger partial charge on any atom is 0.255 e. The number of aromatic amines is 1. The van der Waals surface area contributed by atoms with Gasteiger partial charge in [0.15, 0.2) is 0 Å². The Kier molecular flexibility index (Phi) is 5.12. The predicted molar refractivity (Wildman–Crippen MR) is 106 cm³/mol. The lowest BCUT2D eigenvalue weighted by Gasteiger charge is -2.27. The molecule has 3 aromatic rings. The van der Waals surface area contributed by atoms with E-state index in [2.05, 4.69) is 46.1 Å². The third kappa shape index (κ3) is 3.98. The number of aryl methyl sites for hydroxylation is 1. The lowest BCUT2D eigenvalue weighted by Crippen LogP contribution is -2.35. The molecule has 0 fully saturated rings. The summed E-state index contributed by atoms with van der Waals surface area (Å²) in [5.41, 5.74) is 5.17.